The predicted molar refractivity (Wildman–Crippen MR) is 27.3 cm³/mol. The van der Waals surface area contributed by atoms with Crippen LogP contribution in [0, 0.1) is 0 Å². The summed E-state index contributed by atoms with van der Waals surface area (Å²) in [4.78, 5) is 12.7. The van der Waals surface area contributed by atoms with Gasteiger partial charge < -0.3 is 9.90 Å². The molecule has 0 aliphatic heterocycles. The Morgan fingerprint density at radius 2 is 2.30 bits per heavy atom. The third kappa shape index (κ3) is 2.47. The molecule has 0 aliphatic rings. The van der Waals surface area contributed by atoms with Crippen LogP contribution in [-0.4, -0.2) is 5.97 Å². The van der Waals surface area contributed by atoms with E-state index in [0.29, 0.717) is 0 Å². The van der Waals surface area contributed by atoms with Crippen molar-refractivity contribution in [2.75, 3.05) is 0 Å². The molecule has 0 radical (unpaired) electrons. The molecule has 1 aromatic heterocycles. The maximum Gasteiger partial charge on any atom is 1.00 e. The molecule has 0 amide bonds. The van der Waals surface area contributed by atoms with Gasteiger partial charge in [-0.3, -0.25) is 0 Å². The van der Waals surface area contributed by atoms with E-state index in [1.54, 1.807) is 12.3 Å². The third-order valence-corrected chi connectivity index (χ3v) is 0.943. The molecule has 1 heterocycles. The quantitative estimate of drug-likeness (QED) is 0.378. The summed E-state index contributed by atoms with van der Waals surface area (Å²) in [6.45, 7) is 0. The van der Waals surface area contributed by atoms with Crippen molar-refractivity contribution in [3.05, 3.63) is 30.1 Å². The van der Waals surface area contributed by atoms with Crippen LogP contribution in [0.25, 0.3) is 0 Å². The van der Waals surface area contributed by atoms with Gasteiger partial charge in [0.2, 0.25) is 0 Å². The minimum Gasteiger partial charge on any atom is -0.545 e. The maximum atomic E-state index is 10.1. The summed E-state index contributed by atoms with van der Waals surface area (Å²) in [6, 6.07) is 3.07. The van der Waals surface area contributed by atoms with E-state index < -0.39 is 5.97 Å². The molecule has 0 unspecified atom stereocenters. The van der Waals surface area contributed by atoms with Crippen LogP contribution in [0.15, 0.2) is 24.5 Å². The van der Waals surface area contributed by atoms with Gasteiger partial charge in [0, 0.05) is 6.07 Å². The zero-order valence-electron chi connectivity index (χ0n) is 5.63. The number of aromatic amines is 1. The van der Waals surface area contributed by atoms with Crippen LogP contribution in [0.5, 0.6) is 0 Å². The van der Waals surface area contributed by atoms with E-state index in [1.165, 1.54) is 12.3 Å². The largest absolute Gasteiger partial charge is 1.00 e. The maximum absolute atomic E-state index is 10.1. The second kappa shape index (κ2) is 4.44. The molecule has 0 saturated carbocycles. The van der Waals surface area contributed by atoms with Gasteiger partial charge in [0.1, 0.15) is 0 Å². The number of hydrogen-bond donors (Lipinski definition) is 0. The van der Waals surface area contributed by atoms with Crippen molar-refractivity contribution < 1.29 is 44.4 Å². The van der Waals surface area contributed by atoms with E-state index in [1.807, 2.05) is 0 Å². The number of carbonyl (C=O) groups excluding carboxylic acids is 1. The van der Waals surface area contributed by atoms with E-state index in [0.717, 1.165) is 0 Å². The van der Waals surface area contributed by atoms with Gasteiger partial charge in [-0.2, -0.15) is 0 Å². The smallest absolute Gasteiger partial charge is 0.545 e. The molecule has 0 saturated heterocycles. The number of pyridine rings is 1. The van der Waals surface area contributed by atoms with Gasteiger partial charge in [-0.15, -0.1) is 0 Å². The number of carbonyl (C=O) groups is 1. The summed E-state index contributed by atoms with van der Waals surface area (Å²) < 4.78 is 0. The summed E-state index contributed by atoms with van der Waals surface area (Å²) >= 11 is 0. The second-order valence-corrected chi connectivity index (χ2v) is 1.58. The van der Waals surface area contributed by atoms with Crippen LogP contribution < -0.4 is 39.6 Å². The first-order chi connectivity index (χ1) is 4.30. The number of carboxylic acid groups (broad SMARTS) is 1. The normalized spacial score (nSPS) is 8.00. The van der Waals surface area contributed by atoms with E-state index in [-0.39, 0.29) is 35.1 Å². The first-order valence-electron chi connectivity index (χ1n) is 2.48. The van der Waals surface area contributed by atoms with E-state index in [4.69, 9.17) is 0 Å². The van der Waals surface area contributed by atoms with Crippen molar-refractivity contribution in [2.45, 2.75) is 0 Å². The van der Waals surface area contributed by atoms with E-state index in [2.05, 4.69) is 4.98 Å². The SMILES string of the molecule is O=C([O-])c1ccc[nH+]c1.[Na+]. The Kier molecular flexibility index (Phi) is 4.27. The van der Waals surface area contributed by atoms with Crippen molar-refractivity contribution >= 4 is 5.97 Å². The number of carboxylic acids is 1. The Hall–Kier alpha value is -0.380. The molecule has 4 heteroatoms. The molecule has 0 atom stereocenters. The number of nitrogens with one attached hydrogen (secondary N) is 1. The first kappa shape index (κ1) is 9.62. The molecule has 0 aromatic carbocycles. The predicted octanol–water partition coefficient (Wildman–Crippen LogP) is -4.13. The van der Waals surface area contributed by atoms with Gasteiger partial charge in [-0.1, -0.05) is 0 Å². The Bertz CT molecular complexity index is 212. The van der Waals surface area contributed by atoms with Crippen molar-refractivity contribution in [3.8, 4) is 0 Å². The van der Waals surface area contributed by atoms with Crippen molar-refractivity contribution in [1.29, 1.82) is 0 Å². The van der Waals surface area contributed by atoms with Gasteiger partial charge in [0.15, 0.2) is 12.4 Å². The molecule has 1 aromatic rings. The van der Waals surface area contributed by atoms with Gasteiger partial charge in [0.05, 0.1) is 11.5 Å². The fraction of sp³-hybridized carbons (Fsp3) is 0. The summed E-state index contributed by atoms with van der Waals surface area (Å²) in [7, 11) is 0. The monoisotopic (exact) mass is 146 g/mol. The zero-order valence-corrected chi connectivity index (χ0v) is 7.63. The second-order valence-electron chi connectivity index (χ2n) is 1.58. The molecule has 3 nitrogen and oxygen atoms in total. The molecule has 0 fully saturated rings. The van der Waals surface area contributed by atoms with Crippen LogP contribution in [0.2, 0.25) is 0 Å². The number of aromatic nitrogens is 1. The van der Waals surface area contributed by atoms with Crippen molar-refractivity contribution in [2.24, 2.45) is 0 Å². The number of aromatic carboxylic acids is 1. The molecule has 1 N–H and O–H groups in total. The van der Waals surface area contributed by atoms with Crippen LogP contribution in [0.4, 0.5) is 0 Å². The standard InChI is InChI=1S/C6H5NO2.Na/c8-6(9)5-2-1-3-7-4-5;/h1-4H,(H,8,9);/q;+1. The molecule has 0 aliphatic carbocycles. The Balaban J connectivity index is 0.000000810. The summed E-state index contributed by atoms with van der Waals surface area (Å²) in [5, 5.41) is 10.1. The number of hydrogen-bond acceptors (Lipinski definition) is 2. The minimum absolute atomic E-state index is 0. The number of H-pyrrole nitrogens is 1. The topological polar surface area (TPSA) is 54.3 Å². The molecule has 0 spiro atoms. The molecule has 1 rings (SSSR count). The Labute approximate surface area is 80.4 Å². The molecule has 0 bridgehead atoms. The van der Waals surface area contributed by atoms with Crippen LogP contribution in [0.3, 0.4) is 0 Å². The average Bonchev–Trinajstić information content (AvgIpc) is 1.90. The minimum atomic E-state index is -1.16. The van der Waals surface area contributed by atoms with E-state index in [9.17, 15) is 9.90 Å². The fourth-order valence-corrected chi connectivity index (χ4v) is 0.520. The molecule has 10 heavy (non-hydrogen) atoms. The van der Waals surface area contributed by atoms with Crippen molar-refractivity contribution in [3.63, 3.8) is 0 Å². The summed E-state index contributed by atoms with van der Waals surface area (Å²) in [5.41, 5.74) is 0.164. The molecule has 46 valence electrons. The van der Waals surface area contributed by atoms with Crippen LogP contribution in [0.1, 0.15) is 10.4 Å². The Morgan fingerprint density at radius 1 is 1.60 bits per heavy atom. The zero-order chi connectivity index (χ0) is 6.69. The first-order valence-corrected chi connectivity index (χ1v) is 2.48. The third-order valence-electron chi connectivity index (χ3n) is 0.943. The fourth-order valence-electron chi connectivity index (χ4n) is 0.520. The molecular weight excluding hydrogens is 141 g/mol. The molecular formula is C6H5NNaO2+. The summed E-state index contributed by atoms with van der Waals surface area (Å²) in [6.07, 6.45) is 3.00. The van der Waals surface area contributed by atoms with Gasteiger partial charge in [-0.05, 0) is 6.07 Å². The van der Waals surface area contributed by atoms with E-state index >= 15 is 0 Å². The average molecular weight is 146 g/mol. The van der Waals surface area contributed by atoms with Gasteiger partial charge in [-0.25, -0.2) is 4.98 Å². The van der Waals surface area contributed by atoms with Crippen LogP contribution >= 0.6 is 0 Å². The summed E-state index contributed by atoms with van der Waals surface area (Å²) in [5.74, 6) is -1.16. The number of rotatable bonds is 1. The van der Waals surface area contributed by atoms with Gasteiger partial charge >= 0.3 is 29.6 Å². The van der Waals surface area contributed by atoms with Crippen molar-refractivity contribution in [1.82, 2.24) is 0 Å². The van der Waals surface area contributed by atoms with Crippen LogP contribution in [-0.2, 0) is 0 Å². The van der Waals surface area contributed by atoms with Gasteiger partial charge in [0.25, 0.3) is 0 Å². The Morgan fingerprint density at radius 3 is 2.60 bits per heavy atom.